The maximum Gasteiger partial charge on any atom is 0.166 e. The van der Waals surface area contributed by atoms with E-state index >= 15 is 0 Å². The molecule has 1 saturated heterocycles. The van der Waals surface area contributed by atoms with Crippen LogP contribution in [0, 0.1) is 0 Å². The van der Waals surface area contributed by atoms with Crippen molar-refractivity contribution < 1.29 is 4.79 Å². The number of nitrogens with zero attached hydrogens (tertiary/aromatic N) is 1. The van der Waals surface area contributed by atoms with Crippen LogP contribution in [0.15, 0.2) is 6.07 Å². The van der Waals surface area contributed by atoms with Crippen LogP contribution < -0.4 is 10.2 Å². The van der Waals surface area contributed by atoms with Gasteiger partial charge in [-0.05, 0) is 18.9 Å². The summed E-state index contributed by atoms with van der Waals surface area (Å²) in [4.78, 5) is 16.1. The lowest BCUT2D eigenvalue weighted by molar-refractivity contribution is 0.111. The van der Waals surface area contributed by atoms with Crippen LogP contribution in [0.2, 0.25) is 0 Å². The van der Waals surface area contributed by atoms with Crippen molar-refractivity contribution in [2.45, 2.75) is 18.9 Å². The molecule has 2 aliphatic rings. The minimum absolute atomic E-state index is 0.623. The fourth-order valence-electron chi connectivity index (χ4n) is 2.47. The van der Waals surface area contributed by atoms with Crippen LogP contribution in [0.4, 0.5) is 11.5 Å². The van der Waals surface area contributed by atoms with E-state index < -0.39 is 0 Å². The van der Waals surface area contributed by atoms with Crippen LogP contribution >= 0.6 is 0 Å². The molecule has 0 unspecified atom stereocenters. The van der Waals surface area contributed by atoms with E-state index in [0.29, 0.717) is 11.7 Å². The zero-order valence-electron chi connectivity index (χ0n) is 7.92. The first kappa shape index (κ1) is 7.91. The van der Waals surface area contributed by atoms with Gasteiger partial charge in [-0.1, -0.05) is 0 Å². The molecular weight excluding hydrogens is 178 g/mol. The topological polar surface area (TPSA) is 48.1 Å². The first-order chi connectivity index (χ1) is 6.88. The van der Waals surface area contributed by atoms with Gasteiger partial charge in [-0.2, -0.15) is 0 Å². The molecule has 4 nitrogen and oxygen atoms in total. The van der Waals surface area contributed by atoms with Gasteiger partial charge in [0.1, 0.15) is 5.82 Å². The number of carbonyl (C=O) groups excluding carboxylic acids is 1. The van der Waals surface area contributed by atoms with Gasteiger partial charge in [0, 0.05) is 19.1 Å². The van der Waals surface area contributed by atoms with Gasteiger partial charge < -0.3 is 15.2 Å². The number of carbonyl (C=O) groups is 1. The number of anilines is 2. The number of aldehydes is 1. The summed E-state index contributed by atoms with van der Waals surface area (Å²) in [7, 11) is 0. The molecule has 3 rings (SSSR count). The summed E-state index contributed by atoms with van der Waals surface area (Å²) in [6.07, 6.45) is 3.38. The third-order valence-electron chi connectivity index (χ3n) is 3.15. The molecule has 1 aromatic heterocycles. The Hall–Kier alpha value is -1.45. The first-order valence-corrected chi connectivity index (χ1v) is 5.07. The van der Waals surface area contributed by atoms with E-state index in [-0.39, 0.29) is 0 Å². The van der Waals surface area contributed by atoms with Gasteiger partial charge in [0.2, 0.25) is 0 Å². The Morgan fingerprint density at radius 1 is 1.57 bits per heavy atom. The number of hydrogen-bond acceptors (Lipinski definition) is 3. The molecule has 1 fully saturated rings. The van der Waals surface area contributed by atoms with Crippen molar-refractivity contribution in [2.75, 3.05) is 23.3 Å². The molecule has 0 aromatic carbocycles. The minimum Gasteiger partial charge on any atom is -0.368 e. The van der Waals surface area contributed by atoms with Crippen molar-refractivity contribution in [3.05, 3.63) is 11.8 Å². The van der Waals surface area contributed by atoms with Gasteiger partial charge in [-0.15, -0.1) is 0 Å². The lowest BCUT2D eigenvalue weighted by Gasteiger charge is -2.31. The van der Waals surface area contributed by atoms with Gasteiger partial charge in [0.05, 0.1) is 11.4 Å². The lowest BCUT2D eigenvalue weighted by Crippen LogP contribution is -2.38. The van der Waals surface area contributed by atoms with Gasteiger partial charge in [-0.3, -0.25) is 4.79 Å². The minimum atomic E-state index is 0.623. The third kappa shape index (κ3) is 0.967. The predicted octanol–water partition coefficient (Wildman–Crippen LogP) is 1.22. The van der Waals surface area contributed by atoms with Crippen molar-refractivity contribution in [3.63, 3.8) is 0 Å². The van der Waals surface area contributed by atoms with E-state index in [1.807, 2.05) is 6.07 Å². The summed E-state index contributed by atoms with van der Waals surface area (Å²) in [5.74, 6) is 1.00. The fraction of sp³-hybridized carbons (Fsp3) is 0.500. The van der Waals surface area contributed by atoms with E-state index in [1.165, 1.54) is 18.5 Å². The standard InChI is InChI=1S/C10H13N3O/c14-6-7-4-9-10(12-7)11-5-8-2-1-3-13(8)9/h4,6,8,11-12H,1-3,5H2/t8-/m0/s1. The van der Waals surface area contributed by atoms with Crippen molar-refractivity contribution in [3.8, 4) is 0 Å². The lowest BCUT2D eigenvalue weighted by atomic mass is 10.2. The summed E-state index contributed by atoms with van der Waals surface area (Å²) in [6, 6.07) is 2.56. The smallest absolute Gasteiger partial charge is 0.166 e. The van der Waals surface area contributed by atoms with E-state index in [9.17, 15) is 4.79 Å². The quantitative estimate of drug-likeness (QED) is 0.656. The highest BCUT2D eigenvalue weighted by Gasteiger charge is 2.31. The highest BCUT2D eigenvalue weighted by atomic mass is 16.1. The maximum absolute atomic E-state index is 10.6. The second-order valence-electron chi connectivity index (χ2n) is 3.97. The second kappa shape index (κ2) is 2.77. The average Bonchev–Trinajstić information content (AvgIpc) is 2.82. The van der Waals surface area contributed by atoms with E-state index in [1.54, 1.807) is 0 Å². The summed E-state index contributed by atoms with van der Waals surface area (Å²) >= 11 is 0. The summed E-state index contributed by atoms with van der Waals surface area (Å²) in [5, 5.41) is 3.33. The molecule has 3 heterocycles. The van der Waals surface area contributed by atoms with Crippen molar-refractivity contribution >= 4 is 17.8 Å². The van der Waals surface area contributed by atoms with Gasteiger partial charge in [0.15, 0.2) is 6.29 Å². The predicted molar refractivity (Wildman–Crippen MR) is 55.0 cm³/mol. The number of hydrogen-bond donors (Lipinski definition) is 2. The molecule has 0 bridgehead atoms. The molecule has 0 radical (unpaired) electrons. The molecular formula is C10H13N3O. The highest BCUT2D eigenvalue weighted by Crippen LogP contribution is 2.35. The van der Waals surface area contributed by atoms with Crippen LogP contribution in [0.5, 0.6) is 0 Å². The molecule has 1 aromatic rings. The Bertz CT molecular complexity index is 371. The Kier molecular flexibility index (Phi) is 1.56. The van der Waals surface area contributed by atoms with Crippen LogP contribution in [0.3, 0.4) is 0 Å². The number of rotatable bonds is 1. The fourth-order valence-corrected chi connectivity index (χ4v) is 2.47. The van der Waals surface area contributed by atoms with Crippen LogP contribution in [0.25, 0.3) is 0 Å². The summed E-state index contributed by atoms with van der Waals surface area (Å²) < 4.78 is 0. The first-order valence-electron chi connectivity index (χ1n) is 5.07. The Labute approximate surface area is 82.3 Å². The maximum atomic E-state index is 10.6. The van der Waals surface area contributed by atoms with E-state index in [2.05, 4.69) is 15.2 Å². The number of nitrogens with one attached hydrogen (secondary N) is 2. The number of fused-ring (bicyclic) bond motifs is 3. The number of aromatic nitrogens is 1. The van der Waals surface area contributed by atoms with E-state index in [0.717, 1.165) is 25.2 Å². The molecule has 0 spiro atoms. The summed E-state index contributed by atoms with van der Waals surface area (Å²) in [5.41, 5.74) is 1.83. The normalized spacial score (nSPS) is 24.0. The molecule has 1 atom stereocenters. The molecule has 0 aliphatic carbocycles. The Balaban J connectivity index is 2.04. The average molecular weight is 191 g/mol. The SMILES string of the molecule is O=Cc1cc2c([nH]1)NC[C@@H]1CCCN21. The van der Waals surface area contributed by atoms with Crippen molar-refractivity contribution in [1.29, 1.82) is 0 Å². The van der Waals surface area contributed by atoms with Crippen LogP contribution in [-0.4, -0.2) is 30.4 Å². The molecule has 4 heteroatoms. The molecule has 2 aliphatic heterocycles. The second-order valence-corrected chi connectivity index (χ2v) is 3.97. The third-order valence-corrected chi connectivity index (χ3v) is 3.15. The molecule has 14 heavy (non-hydrogen) atoms. The zero-order chi connectivity index (χ0) is 9.54. The molecule has 2 N–H and O–H groups in total. The largest absolute Gasteiger partial charge is 0.368 e. The highest BCUT2D eigenvalue weighted by molar-refractivity contribution is 5.82. The van der Waals surface area contributed by atoms with Crippen molar-refractivity contribution in [2.24, 2.45) is 0 Å². The number of H-pyrrole nitrogens is 1. The van der Waals surface area contributed by atoms with Crippen LogP contribution in [-0.2, 0) is 0 Å². The van der Waals surface area contributed by atoms with Crippen molar-refractivity contribution in [1.82, 2.24) is 4.98 Å². The molecule has 0 saturated carbocycles. The summed E-state index contributed by atoms with van der Waals surface area (Å²) in [6.45, 7) is 2.11. The van der Waals surface area contributed by atoms with E-state index in [4.69, 9.17) is 0 Å². The Morgan fingerprint density at radius 2 is 2.50 bits per heavy atom. The zero-order valence-corrected chi connectivity index (χ0v) is 7.92. The van der Waals surface area contributed by atoms with Gasteiger partial charge >= 0.3 is 0 Å². The Morgan fingerprint density at radius 3 is 3.36 bits per heavy atom. The monoisotopic (exact) mass is 191 g/mol. The van der Waals surface area contributed by atoms with Gasteiger partial charge in [0.25, 0.3) is 0 Å². The van der Waals surface area contributed by atoms with Crippen LogP contribution in [0.1, 0.15) is 23.3 Å². The molecule has 74 valence electrons. The molecule has 0 amide bonds. The van der Waals surface area contributed by atoms with Gasteiger partial charge in [-0.25, -0.2) is 0 Å². The number of aromatic amines is 1.